The Morgan fingerprint density at radius 3 is 2.75 bits per heavy atom. The molecule has 0 spiro atoms. The fourth-order valence-corrected chi connectivity index (χ4v) is 2.49. The van der Waals surface area contributed by atoms with Gasteiger partial charge in [0.2, 0.25) is 0 Å². The Kier molecular flexibility index (Phi) is 2.20. The zero-order chi connectivity index (χ0) is 11.1. The highest BCUT2D eigenvalue weighted by atomic mass is 16.4. The number of fused-ring (bicyclic) bond motifs is 1. The minimum atomic E-state index is -0.817. The summed E-state index contributed by atoms with van der Waals surface area (Å²) < 4.78 is 0. The van der Waals surface area contributed by atoms with E-state index in [4.69, 9.17) is 0 Å². The number of carboxylic acid groups (broad SMARTS) is 1. The van der Waals surface area contributed by atoms with E-state index >= 15 is 0 Å². The molecular formula is C13H15NO2. The Balaban J connectivity index is 2.11. The van der Waals surface area contributed by atoms with Gasteiger partial charge in [-0.25, -0.2) is 4.79 Å². The van der Waals surface area contributed by atoms with Crippen LogP contribution in [-0.2, 0) is 12.8 Å². The van der Waals surface area contributed by atoms with Crippen LogP contribution in [0.2, 0.25) is 0 Å². The highest BCUT2D eigenvalue weighted by molar-refractivity contribution is 5.89. The molecule has 3 nitrogen and oxygen atoms in total. The Labute approximate surface area is 94.5 Å². The first kappa shape index (κ1) is 9.82. The smallest absolute Gasteiger partial charge is 0.337 e. The zero-order valence-corrected chi connectivity index (χ0v) is 9.20. The second-order valence-electron chi connectivity index (χ2n) is 4.81. The molecule has 1 fully saturated rings. The lowest BCUT2D eigenvalue weighted by Crippen LogP contribution is -2.12. The molecule has 0 saturated heterocycles. The van der Waals surface area contributed by atoms with Crippen molar-refractivity contribution in [3.05, 3.63) is 28.6 Å². The molecule has 0 radical (unpaired) electrons. The van der Waals surface area contributed by atoms with Gasteiger partial charge in [0.25, 0.3) is 0 Å². The molecule has 1 heterocycles. The number of carbonyl (C=O) groups is 1. The van der Waals surface area contributed by atoms with Crippen molar-refractivity contribution in [3.63, 3.8) is 0 Å². The van der Waals surface area contributed by atoms with E-state index in [0.29, 0.717) is 11.5 Å². The number of pyridine rings is 1. The van der Waals surface area contributed by atoms with Crippen LogP contribution in [0.3, 0.4) is 0 Å². The number of carboxylic acids is 1. The number of hydrogen-bond donors (Lipinski definition) is 1. The molecule has 3 rings (SSSR count). The van der Waals surface area contributed by atoms with Gasteiger partial charge < -0.3 is 5.11 Å². The van der Waals surface area contributed by atoms with Crippen molar-refractivity contribution in [1.82, 2.24) is 4.98 Å². The van der Waals surface area contributed by atoms with Gasteiger partial charge in [-0.15, -0.1) is 0 Å². The summed E-state index contributed by atoms with van der Waals surface area (Å²) in [4.78, 5) is 15.8. The molecule has 84 valence electrons. The van der Waals surface area contributed by atoms with E-state index in [2.05, 4.69) is 4.98 Å². The van der Waals surface area contributed by atoms with Crippen molar-refractivity contribution < 1.29 is 9.90 Å². The molecule has 0 amide bonds. The van der Waals surface area contributed by atoms with Crippen LogP contribution in [0.4, 0.5) is 0 Å². The third-order valence-electron chi connectivity index (χ3n) is 3.52. The van der Waals surface area contributed by atoms with Crippen LogP contribution in [0, 0.1) is 0 Å². The molecule has 2 aliphatic rings. The molecular weight excluding hydrogens is 202 g/mol. The average Bonchev–Trinajstić information content (AvgIpc) is 3.11. The minimum absolute atomic E-state index is 0.415. The summed E-state index contributed by atoms with van der Waals surface area (Å²) in [5.41, 5.74) is 3.60. The van der Waals surface area contributed by atoms with Crippen molar-refractivity contribution in [2.45, 2.75) is 44.4 Å². The second-order valence-corrected chi connectivity index (χ2v) is 4.81. The van der Waals surface area contributed by atoms with Gasteiger partial charge in [-0.05, 0) is 50.2 Å². The molecule has 0 atom stereocenters. The van der Waals surface area contributed by atoms with Gasteiger partial charge in [0.1, 0.15) is 0 Å². The van der Waals surface area contributed by atoms with Crippen LogP contribution in [0.25, 0.3) is 0 Å². The third-order valence-corrected chi connectivity index (χ3v) is 3.52. The van der Waals surface area contributed by atoms with Gasteiger partial charge in [-0.2, -0.15) is 0 Å². The predicted octanol–water partition coefficient (Wildman–Crippen LogP) is 2.54. The maximum absolute atomic E-state index is 11.2. The summed E-state index contributed by atoms with van der Waals surface area (Å²) in [6.45, 7) is 0. The monoisotopic (exact) mass is 217 g/mol. The summed E-state index contributed by atoms with van der Waals surface area (Å²) in [5.74, 6) is -0.402. The first-order valence-electron chi connectivity index (χ1n) is 6.01. The van der Waals surface area contributed by atoms with E-state index in [1.807, 2.05) is 6.07 Å². The molecule has 0 bridgehead atoms. The number of hydrogen-bond acceptors (Lipinski definition) is 2. The molecule has 0 aromatic carbocycles. The maximum Gasteiger partial charge on any atom is 0.337 e. The van der Waals surface area contributed by atoms with Crippen molar-refractivity contribution in [1.29, 1.82) is 0 Å². The molecule has 2 aliphatic carbocycles. The first-order valence-corrected chi connectivity index (χ1v) is 6.01. The number of nitrogens with zero attached hydrogens (tertiary/aromatic N) is 1. The standard InChI is InChI=1S/C13H15NO2/c15-13(16)10-7-9-3-1-2-4-11(9)14-12(10)8-5-6-8/h7-8H,1-6H2,(H,15,16). The molecule has 0 unspecified atom stereocenters. The van der Waals surface area contributed by atoms with Crippen LogP contribution in [-0.4, -0.2) is 16.1 Å². The molecule has 1 aromatic heterocycles. The van der Waals surface area contributed by atoms with Crippen molar-refractivity contribution in [2.24, 2.45) is 0 Å². The Hall–Kier alpha value is -1.38. The van der Waals surface area contributed by atoms with E-state index < -0.39 is 5.97 Å². The Morgan fingerprint density at radius 1 is 1.31 bits per heavy atom. The molecule has 16 heavy (non-hydrogen) atoms. The second kappa shape index (κ2) is 3.58. The van der Waals surface area contributed by atoms with Crippen LogP contribution < -0.4 is 0 Å². The molecule has 1 aromatic rings. The Morgan fingerprint density at radius 2 is 2.06 bits per heavy atom. The summed E-state index contributed by atoms with van der Waals surface area (Å²) in [6.07, 6.45) is 6.58. The summed E-state index contributed by atoms with van der Waals surface area (Å²) in [5, 5.41) is 9.20. The predicted molar refractivity (Wildman–Crippen MR) is 59.8 cm³/mol. The van der Waals surface area contributed by atoms with Crippen molar-refractivity contribution in [2.75, 3.05) is 0 Å². The van der Waals surface area contributed by atoms with E-state index in [1.165, 1.54) is 6.42 Å². The highest BCUT2D eigenvalue weighted by Gasteiger charge is 2.31. The van der Waals surface area contributed by atoms with E-state index in [-0.39, 0.29) is 0 Å². The Bertz CT molecular complexity index is 449. The third kappa shape index (κ3) is 1.60. The molecule has 0 aliphatic heterocycles. The largest absolute Gasteiger partial charge is 0.478 e. The summed E-state index contributed by atoms with van der Waals surface area (Å²) in [7, 11) is 0. The number of aromatic nitrogens is 1. The van der Waals surface area contributed by atoms with Gasteiger partial charge in [0.05, 0.1) is 11.3 Å². The van der Waals surface area contributed by atoms with Crippen molar-refractivity contribution >= 4 is 5.97 Å². The quantitative estimate of drug-likeness (QED) is 0.828. The lowest BCUT2D eigenvalue weighted by atomic mass is 9.93. The first-order chi connectivity index (χ1) is 7.75. The van der Waals surface area contributed by atoms with Gasteiger partial charge in [0, 0.05) is 11.6 Å². The average molecular weight is 217 g/mol. The highest BCUT2D eigenvalue weighted by Crippen LogP contribution is 2.41. The summed E-state index contributed by atoms with van der Waals surface area (Å²) >= 11 is 0. The lowest BCUT2D eigenvalue weighted by molar-refractivity contribution is 0.0695. The van der Waals surface area contributed by atoms with Crippen LogP contribution >= 0.6 is 0 Å². The fourth-order valence-electron chi connectivity index (χ4n) is 2.49. The molecule has 3 heteroatoms. The lowest BCUT2D eigenvalue weighted by Gasteiger charge is -2.17. The van der Waals surface area contributed by atoms with E-state index in [9.17, 15) is 9.90 Å². The molecule has 1 saturated carbocycles. The maximum atomic E-state index is 11.2. The van der Waals surface area contributed by atoms with Gasteiger partial charge in [0.15, 0.2) is 0 Å². The zero-order valence-electron chi connectivity index (χ0n) is 9.20. The van der Waals surface area contributed by atoms with E-state index in [1.54, 1.807) is 0 Å². The SMILES string of the molecule is O=C(O)c1cc2c(nc1C1CC1)CCCC2. The van der Waals surface area contributed by atoms with Gasteiger partial charge in [-0.1, -0.05) is 0 Å². The fraction of sp³-hybridized carbons (Fsp3) is 0.538. The summed E-state index contributed by atoms with van der Waals surface area (Å²) in [6, 6.07) is 1.87. The van der Waals surface area contributed by atoms with Crippen molar-refractivity contribution in [3.8, 4) is 0 Å². The van der Waals surface area contributed by atoms with Gasteiger partial charge >= 0.3 is 5.97 Å². The topological polar surface area (TPSA) is 50.2 Å². The number of rotatable bonds is 2. The van der Waals surface area contributed by atoms with Crippen LogP contribution in [0.5, 0.6) is 0 Å². The minimum Gasteiger partial charge on any atom is -0.478 e. The normalized spacial score (nSPS) is 19.2. The van der Waals surface area contributed by atoms with Crippen LogP contribution in [0.15, 0.2) is 6.07 Å². The van der Waals surface area contributed by atoms with E-state index in [0.717, 1.165) is 49.1 Å². The van der Waals surface area contributed by atoms with Crippen LogP contribution in [0.1, 0.15) is 58.9 Å². The number of aromatic carboxylic acids is 1. The molecule has 1 N–H and O–H groups in total. The number of aryl methyl sites for hydroxylation is 2. The van der Waals surface area contributed by atoms with Gasteiger partial charge in [-0.3, -0.25) is 4.98 Å².